The Morgan fingerprint density at radius 3 is 2.84 bits per heavy atom. The molecule has 1 heterocycles. The zero-order valence-corrected chi connectivity index (χ0v) is 14.1. The second kappa shape index (κ2) is 8.12. The summed E-state index contributed by atoms with van der Waals surface area (Å²) >= 11 is 0. The molecule has 2 rings (SSSR count). The first-order valence-corrected chi connectivity index (χ1v) is 7.69. The molecule has 0 radical (unpaired) electrons. The van der Waals surface area contributed by atoms with Gasteiger partial charge in [0.25, 0.3) is 5.52 Å². The summed E-state index contributed by atoms with van der Waals surface area (Å²) in [7, 11) is 3.66. The van der Waals surface area contributed by atoms with Gasteiger partial charge in [-0.2, -0.15) is 5.26 Å². The van der Waals surface area contributed by atoms with E-state index in [1.165, 1.54) is 12.1 Å². The average Bonchev–Trinajstić information content (AvgIpc) is 2.59. The van der Waals surface area contributed by atoms with Gasteiger partial charge in [-0.25, -0.2) is 4.79 Å². The highest BCUT2D eigenvalue weighted by Gasteiger charge is 2.26. The van der Waals surface area contributed by atoms with Crippen molar-refractivity contribution in [2.75, 3.05) is 27.2 Å². The Balaban J connectivity index is 2.46. The number of hydrogen-bond donors (Lipinski definition) is 1. The summed E-state index contributed by atoms with van der Waals surface area (Å²) in [5.41, 5.74) is 0.368. The van der Waals surface area contributed by atoms with E-state index >= 15 is 0 Å². The third-order valence-corrected chi connectivity index (χ3v) is 3.49. The largest absolute Gasteiger partial charge is 0.805 e. The maximum atomic E-state index is 12.6. The van der Waals surface area contributed by atoms with Crippen LogP contribution in [0.4, 0.5) is 4.79 Å². The molecule has 1 N–H and O–H groups in total. The van der Waals surface area contributed by atoms with Crippen LogP contribution < -0.4 is 14.5 Å². The van der Waals surface area contributed by atoms with Crippen molar-refractivity contribution < 1.29 is 14.0 Å². The minimum Gasteiger partial charge on any atom is -0.805 e. The van der Waals surface area contributed by atoms with E-state index in [0.717, 1.165) is 0 Å². The van der Waals surface area contributed by atoms with Crippen LogP contribution in [0, 0.1) is 21.4 Å². The Morgan fingerprint density at radius 2 is 2.16 bits per heavy atom. The number of benzene rings is 1. The minimum atomic E-state index is -0.888. The maximum Gasteiger partial charge on any atom is 0.451 e. The molecule has 0 atom stereocenters. The van der Waals surface area contributed by atoms with Crippen molar-refractivity contribution in [3.8, 4) is 11.9 Å². The zero-order chi connectivity index (χ0) is 18.4. The van der Waals surface area contributed by atoms with Gasteiger partial charge in [0.15, 0.2) is 0 Å². The molecule has 2 aromatic rings. The third kappa shape index (κ3) is 4.24. The normalized spacial score (nSPS) is 10.6. The fraction of sp³-hybridized carbons (Fsp3) is 0.375. The van der Waals surface area contributed by atoms with Crippen LogP contribution in [0.1, 0.15) is 12.1 Å². The van der Waals surface area contributed by atoms with Gasteiger partial charge in [0.2, 0.25) is 0 Å². The van der Waals surface area contributed by atoms with Crippen LogP contribution in [0.5, 0.6) is 5.88 Å². The molecular formula is C16H19N5O4. The van der Waals surface area contributed by atoms with E-state index in [1.54, 1.807) is 12.1 Å². The molecule has 132 valence electrons. The number of fused-ring (bicyclic) bond motifs is 1. The highest BCUT2D eigenvalue weighted by atomic mass is 16.6. The second-order valence-electron chi connectivity index (χ2n) is 5.61. The number of rotatable bonds is 6. The van der Waals surface area contributed by atoms with Gasteiger partial charge in [-0.3, -0.25) is 0 Å². The second-order valence-corrected chi connectivity index (χ2v) is 5.61. The number of nitrogens with zero attached hydrogens (tertiary/aromatic N) is 4. The fourth-order valence-corrected chi connectivity index (χ4v) is 2.25. The van der Waals surface area contributed by atoms with Crippen LogP contribution in [0.2, 0.25) is 0 Å². The van der Waals surface area contributed by atoms with E-state index in [9.17, 15) is 14.9 Å². The highest BCUT2D eigenvalue weighted by molar-refractivity contribution is 5.74. The highest BCUT2D eigenvalue weighted by Crippen LogP contribution is 2.20. The number of aromatic nitrogens is 2. The first-order chi connectivity index (χ1) is 12.0. The molecule has 1 aromatic carbocycles. The molecule has 0 aliphatic carbocycles. The van der Waals surface area contributed by atoms with E-state index in [0.29, 0.717) is 15.7 Å². The summed E-state index contributed by atoms with van der Waals surface area (Å²) in [4.78, 5) is 26.3. The molecule has 1 amide bonds. The quantitative estimate of drug-likeness (QED) is 0.617. The Morgan fingerprint density at radius 1 is 1.44 bits per heavy atom. The first kappa shape index (κ1) is 18.2. The molecule has 0 aliphatic heterocycles. The SMILES string of the molecule is CN(C)CCc1c(OC(=O)NCCC#N)[n+](=O)c2ccccc2n1[O-]. The lowest BCUT2D eigenvalue weighted by Crippen LogP contribution is -2.34. The van der Waals surface area contributed by atoms with Crippen molar-refractivity contribution in [2.24, 2.45) is 0 Å². The zero-order valence-electron chi connectivity index (χ0n) is 14.1. The number of carbonyl (C=O) groups is 1. The van der Waals surface area contributed by atoms with Crippen LogP contribution in [0.25, 0.3) is 11.0 Å². The average molecular weight is 345 g/mol. The standard InChI is InChI=1S/C16H19N5O4/c1-19(2)11-8-14-15(25-16(22)18-10-5-9-17)21(24)13-7-4-3-6-12(13)20(14)23/h3-4,6-7H,5,8,10-11H2,1-2H3,(H,18,22). The predicted molar refractivity (Wildman–Crippen MR) is 90.6 cm³/mol. The smallest absolute Gasteiger partial charge is 0.451 e. The molecule has 0 saturated carbocycles. The molecule has 25 heavy (non-hydrogen) atoms. The lowest BCUT2D eigenvalue weighted by atomic mass is 10.2. The van der Waals surface area contributed by atoms with Gasteiger partial charge in [0.05, 0.1) is 12.5 Å². The van der Waals surface area contributed by atoms with Crippen molar-refractivity contribution in [1.29, 1.82) is 5.26 Å². The van der Waals surface area contributed by atoms with E-state index in [4.69, 9.17) is 10.00 Å². The van der Waals surface area contributed by atoms with Crippen molar-refractivity contribution in [2.45, 2.75) is 12.8 Å². The maximum absolute atomic E-state index is 12.6. The van der Waals surface area contributed by atoms with Gasteiger partial charge in [0, 0.05) is 30.5 Å². The number of carbonyl (C=O) groups excluding carboxylic acids is 1. The molecule has 0 fully saturated rings. The van der Waals surface area contributed by atoms with Crippen LogP contribution in [0.3, 0.4) is 0 Å². The van der Waals surface area contributed by atoms with Gasteiger partial charge in [0.1, 0.15) is 15.6 Å². The summed E-state index contributed by atoms with van der Waals surface area (Å²) < 4.78 is 6.16. The Kier molecular flexibility index (Phi) is 5.92. The summed E-state index contributed by atoms with van der Waals surface area (Å²) in [6, 6.07) is 8.16. The molecule has 0 bridgehead atoms. The molecule has 9 nitrogen and oxygen atoms in total. The molecule has 9 heteroatoms. The monoisotopic (exact) mass is 345 g/mol. The van der Waals surface area contributed by atoms with Crippen LogP contribution >= 0.6 is 0 Å². The van der Waals surface area contributed by atoms with Crippen LogP contribution in [-0.2, 0) is 6.42 Å². The number of nitrogens with one attached hydrogen (secondary N) is 1. The number of hydrogen-bond acceptors (Lipinski definition) is 6. The van der Waals surface area contributed by atoms with Gasteiger partial charge in [-0.05, 0) is 20.2 Å². The van der Waals surface area contributed by atoms with Gasteiger partial charge < -0.3 is 24.9 Å². The number of ether oxygens (including phenoxy) is 1. The van der Waals surface area contributed by atoms with Crippen molar-refractivity contribution >= 4 is 17.1 Å². The Hall–Kier alpha value is -3.12. The molecule has 0 saturated heterocycles. The van der Waals surface area contributed by atoms with Crippen LogP contribution in [-0.4, -0.2) is 42.9 Å². The molecule has 0 aliphatic rings. The summed E-state index contributed by atoms with van der Waals surface area (Å²) in [5, 5.41) is 23.5. The van der Waals surface area contributed by atoms with Gasteiger partial charge >= 0.3 is 12.0 Å². The van der Waals surface area contributed by atoms with E-state index < -0.39 is 6.09 Å². The van der Waals surface area contributed by atoms with E-state index in [2.05, 4.69) is 5.32 Å². The van der Waals surface area contributed by atoms with E-state index in [1.807, 2.05) is 25.1 Å². The Bertz CT molecular complexity index is 869. The Labute approximate surface area is 144 Å². The lowest BCUT2D eigenvalue weighted by Gasteiger charge is -2.19. The van der Waals surface area contributed by atoms with Gasteiger partial charge in [-0.15, -0.1) is 0 Å². The predicted octanol–water partition coefficient (Wildman–Crippen LogP) is 1.01. The number of amides is 1. The third-order valence-electron chi connectivity index (χ3n) is 3.49. The molecular weight excluding hydrogens is 326 g/mol. The van der Waals surface area contributed by atoms with E-state index in [-0.39, 0.29) is 42.0 Å². The minimum absolute atomic E-state index is 0.0674. The molecule has 0 unspecified atom stereocenters. The topological polar surface area (TPSA) is 116 Å². The first-order valence-electron chi connectivity index (χ1n) is 7.69. The molecule has 1 aromatic heterocycles. The van der Waals surface area contributed by atoms with Gasteiger partial charge in [-0.1, -0.05) is 12.1 Å². The lowest BCUT2D eigenvalue weighted by molar-refractivity contribution is -0.474. The number of nitriles is 1. The summed E-state index contributed by atoms with van der Waals surface area (Å²) in [6.07, 6.45) is -0.551. The van der Waals surface area contributed by atoms with Crippen molar-refractivity contribution in [3.63, 3.8) is 0 Å². The number of para-hydroxylation sites is 2. The van der Waals surface area contributed by atoms with Crippen molar-refractivity contribution in [3.05, 3.63) is 40.1 Å². The fourth-order valence-electron chi connectivity index (χ4n) is 2.25. The summed E-state index contributed by atoms with van der Waals surface area (Å²) in [5.74, 6) is -0.356. The summed E-state index contributed by atoms with van der Waals surface area (Å²) in [6.45, 7) is 0.583. The van der Waals surface area contributed by atoms with Crippen LogP contribution in [0.15, 0.2) is 24.3 Å². The van der Waals surface area contributed by atoms with Crippen molar-refractivity contribution in [1.82, 2.24) is 14.9 Å². The molecule has 0 spiro atoms. The number of likely N-dealkylation sites (N-methyl/N-ethyl adjacent to an activating group) is 1.